The molecule has 0 aromatic carbocycles. The highest BCUT2D eigenvalue weighted by atomic mass is 16.5. The quantitative estimate of drug-likeness (QED) is 0.792. The molecule has 1 aliphatic heterocycles. The summed E-state index contributed by atoms with van der Waals surface area (Å²) in [4.78, 5) is 0. The van der Waals surface area contributed by atoms with E-state index in [1.807, 2.05) is 0 Å². The van der Waals surface area contributed by atoms with Gasteiger partial charge in [-0.1, -0.05) is 0 Å². The molecule has 0 amide bonds. The first-order valence-electron chi connectivity index (χ1n) is 5.51. The van der Waals surface area contributed by atoms with Crippen molar-refractivity contribution in [2.75, 3.05) is 13.2 Å². The largest absolute Gasteiger partial charge is 0.425 e. The number of aromatic nitrogens is 2. The Kier molecular flexibility index (Phi) is 3.69. The van der Waals surface area contributed by atoms with Crippen LogP contribution in [0, 0.1) is 0 Å². The predicted octanol–water partition coefficient (Wildman–Crippen LogP) is 0.682. The third-order valence-corrected chi connectivity index (χ3v) is 2.54. The molecule has 1 fully saturated rings. The van der Waals surface area contributed by atoms with Gasteiger partial charge in [-0.15, -0.1) is 10.2 Å². The highest BCUT2D eigenvalue weighted by molar-refractivity contribution is 4.85. The van der Waals surface area contributed by atoms with E-state index in [2.05, 4.69) is 10.2 Å². The van der Waals surface area contributed by atoms with Crippen molar-refractivity contribution in [3.8, 4) is 0 Å². The maximum absolute atomic E-state index is 5.60. The van der Waals surface area contributed by atoms with Gasteiger partial charge in [-0.2, -0.15) is 0 Å². The molecule has 84 valence electrons. The van der Waals surface area contributed by atoms with Crippen molar-refractivity contribution >= 4 is 0 Å². The maximum atomic E-state index is 5.60. The molecule has 1 aliphatic rings. The van der Waals surface area contributed by atoms with Crippen LogP contribution in [0.15, 0.2) is 4.42 Å². The van der Waals surface area contributed by atoms with Crippen LogP contribution in [-0.4, -0.2) is 29.5 Å². The van der Waals surface area contributed by atoms with Crippen LogP contribution in [0.25, 0.3) is 0 Å². The van der Waals surface area contributed by atoms with Crippen molar-refractivity contribution < 1.29 is 9.15 Å². The molecule has 5 heteroatoms. The standard InChI is InChI=1S/C10H17N3O2/c11-5-4-9-12-13-10(15-9)7-8-3-1-2-6-14-8/h8H,1-7,11H2. The van der Waals surface area contributed by atoms with Crippen LogP contribution in [-0.2, 0) is 17.6 Å². The van der Waals surface area contributed by atoms with Gasteiger partial charge in [0.1, 0.15) is 0 Å². The second-order valence-electron chi connectivity index (χ2n) is 3.82. The van der Waals surface area contributed by atoms with Gasteiger partial charge >= 0.3 is 0 Å². The Hall–Kier alpha value is -0.940. The average molecular weight is 211 g/mol. The van der Waals surface area contributed by atoms with Crippen molar-refractivity contribution in [2.45, 2.75) is 38.2 Å². The van der Waals surface area contributed by atoms with Crippen molar-refractivity contribution in [2.24, 2.45) is 5.73 Å². The van der Waals surface area contributed by atoms with Crippen molar-refractivity contribution in [1.82, 2.24) is 10.2 Å². The van der Waals surface area contributed by atoms with E-state index in [1.165, 1.54) is 12.8 Å². The van der Waals surface area contributed by atoms with E-state index in [4.69, 9.17) is 14.9 Å². The molecule has 15 heavy (non-hydrogen) atoms. The lowest BCUT2D eigenvalue weighted by molar-refractivity contribution is 0.0130. The number of ether oxygens (including phenoxy) is 1. The Labute approximate surface area is 89.0 Å². The molecule has 0 bridgehead atoms. The SMILES string of the molecule is NCCc1nnc(CC2CCCCO2)o1. The van der Waals surface area contributed by atoms with Gasteiger partial charge in [-0.25, -0.2) is 0 Å². The second kappa shape index (κ2) is 5.23. The molecule has 2 N–H and O–H groups in total. The topological polar surface area (TPSA) is 74.2 Å². The van der Waals surface area contributed by atoms with Crippen LogP contribution in [0.3, 0.4) is 0 Å². The van der Waals surface area contributed by atoms with Crippen molar-refractivity contribution in [1.29, 1.82) is 0 Å². The van der Waals surface area contributed by atoms with E-state index >= 15 is 0 Å². The molecule has 0 saturated carbocycles. The van der Waals surface area contributed by atoms with Crippen LogP contribution in [0.1, 0.15) is 31.0 Å². The van der Waals surface area contributed by atoms with Crippen LogP contribution < -0.4 is 5.73 Å². The van der Waals surface area contributed by atoms with E-state index in [-0.39, 0.29) is 6.10 Å². The molecule has 2 heterocycles. The first kappa shape index (κ1) is 10.6. The Morgan fingerprint density at radius 1 is 1.27 bits per heavy atom. The number of rotatable bonds is 4. The van der Waals surface area contributed by atoms with E-state index in [0.29, 0.717) is 24.7 Å². The molecular formula is C10H17N3O2. The first-order valence-corrected chi connectivity index (χ1v) is 5.51. The molecule has 1 unspecified atom stereocenters. The van der Waals surface area contributed by atoms with Crippen molar-refractivity contribution in [3.63, 3.8) is 0 Å². The van der Waals surface area contributed by atoms with Gasteiger partial charge in [0.2, 0.25) is 11.8 Å². The molecule has 1 aromatic rings. The Bertz CT molecular complexity index is 295. The Morgan fingerprint density at radius 3 is 2.87 bits per heavy atom. The smallest absolute Gasteiger partial charge is 0.219 e. The minimum Gasteiger partial charge on any atom is -0.425 e. The lowest BCUT2D eigenvalue weighted by Crippen LogP contribution is -2.21. The molecule has 1 saturated heterocycles. The summed E-state index contributed by atoms with van der Waals surface area (Å²) in [5.41, 5.74) is 5.40. The Morgan fingerprint density at radius 2 is 2.13 bits per heavy atom. The summed E-state index contributed by atoms with van der Waals surface area (Å²) in [6, 6.07) is 0. The molecule has 2 rings (SSSR count). The first-order chi connectivity index (χ1) is 7.38. The third kappa shape index (κ3) is 3.00. The van der Waals surface area contributed by atoms with Crippen LogP contribution in [0.5, 0.6) is 0 Å². The lowest BCUT2D eigenvalue weighted by atomic mass is 10.1. The normalized spacial score (nSPS) is 21.8. The van der Waals surface area contributed by atoms with E-state index in [1.54, 1.807) is 0 Å². The van der Waals surface area contributed by atoms with Crippen LogP contribution in [0.4, 0.5) is 0 Å². The monoisotopic (exact) mass is 211 g/mol. The van der Waals surface area contributed by atoms with Gasteiger partial charge < -0.3 is 14.9 Å². The highest BCUT2D eigenvalue weighted by Crippen LogP contribution is 2.16. The van der Waals surface area contributed by atoms with Crippen molar-refractivity contribution in [3.05, 3.63) is 11.8 Å². The number of nitrogens with zero attached hydrogens (tertiary/aromatic N) is 2. The van der Waals surface area contributed by atoms with E-state index in [9.17, 15) is 0 Å². The fraction of sp³-hybridized carbons (Fsp3) is 0.800. The second-order valence-corrected chi connectivity index (χ2v) is 3.82. The molecule has 0 spiro atoms. The van der Waals surface area contributed by atoms with Gasteiger partial charge in [0.25, 0.3) is 0 Å². The number of nitrogens with two attached hydrogens (primary N) is 1. The maximum Gasteiger partial charge on any atom is 0.219 e. The molecule has 5 nitrogen and oxygen atoms in total. The van der Waals surface area contributed by atoms with Gasteiger partial charge in [-0.05, 0) is 19.3 Å². The van der Waals surface area contributed by atoms with E-state index in [0.717, 1.165) is 19.4 Å². The Balaban J connectivity index is 1.86. The predicted molar refractivity (Wildman–Crippen MR) is 54.4 cm³/mol. The summed E-state index contributed by atoms with van der Waals surface area (Å²) in [5, 5.41) is 7.90. The molecule has 1 aromatic heterocycles. The van der Waals surface area contributed by atoms with Gasteiger partial charge in [0, 0.05) is 19.6 Å². The van der Waals surface area contributed by atoms with E-state index < -0.39 is 0 Å². The summed E-state index contributed by atoms with van der Waals surface area (Å²) >= 11 is 0. The van der Waals surface area contributed by atoms with Crippen LogP contribution >= 0.6 is 0 Å². The summed E-state index contributed by atoms with van der Waals surface area (Å²) < 4.78 is 11.0. The molecule has 0 aliphatic carbocycles. The highest BCUT2D eigenvalue weighted by Gasteiger charge is 2.17. The van der Waals surface area contributed by atoms with Gasteiger partial charge in [0.05, 0.1) is 12.5 Å². The number of hydrogen-bond acceptors (Lipinski definition) is 5. The lowest BCUT2D eigenvalue weighted by Gasteiger charge is -2.20. The fourth-order valence-corrected chi connectivity index (χ4v) is 1.76. The summed E-state index contributed by atoms with van der Waals surface area (Å²) in [6.07, 6.45) is 5.13. The minimum absolute atomic E-state index is 0.255. The number of hydrogen-bond donors (Lipinski definition) is 1. The molecule has 0 radical (unpaired) electrons. The fourth-order valence-electron chi connectivity index (χ4n) is 1.76. The minimum atomic E-state index is 0.255. The summed E-state index contributed by atoms with van der Waals surface area (Å²) in [7, 11) is 0. The van der Waals surface area contributed by atoms with Gasteiger partial charge in [0.15, 0.2) is 0 Å². The summed E-state index contributed by atoms with van der Waals surface area (Å²) in [5.74, 6) is 1.30. The molecular weight excluding hydrogens is 194 g/mol. The average Bonchev–Trinajstić information content (AvgIpc) is 2.68. The molecule has 1 atom stereocenters. The third-order valence-electron chi connectivity index (χ3n) is 2.54. The van der Waals surface area contributed by atoms with Crippen LogP contribution in [0.2, 0.25) is 0 Å². The zero-order valence-corrected chi connectivity index (χ0v) is 8.82. The zero-order chi connectivity index (χ0) is 10.5. The summed E-state index contributed by atoms with van der Waals surface area (Å²) in [6.45, 7) is 1.40. The zero-order valence-electron chi connectivity index (χ0n) is 8.82. The van der Waals surface area contributed by atoms with Gasteiger partial charge in [-0.3, -0.25) is 0 Å².